The predicted octanol–water partition coefficient (Wildman–Crippen LogP) is 4.67. The Labute approximate surface area is 178 Å². The minimum Gasteiger partial charge on any atom is -0.335 e. The summed E-state index contributed by atoms with van der Waals surface area (Å²) < 4.78 is 26.5. The van der Waals surface area contributed by atoms with Crippen molar-refractivity contribution >= 4 is 55.1 Å². The van der Waals surface area contributed by atoms with Gasteiger partial charge < -0.3 is 4.90 Å². The molecule has 0 atom stereocenters. The van der Waals surface area contributed by atoms with Crippen molar-refractivity contribution in [2.45, 2.75) is 18.4 Å². The Morgan fingerprint density at radius 1 is 1.07 bits per heavy atom. The molecule has 146 valence electrons. The van der Waals surface area contributed by atoms with Crippen molar-refractivity contribution in [1.29, 1.82) is 0 Å². The molecule has 0 radical (unpaired) electrons. The predicted molar refractivity (Wildman–Crippen MR) is 112 cm³/mol. The molecular weight excluding hydrogens is 475 g/mol. The normalized spacial score (nSPS) is 11.7. The van der Waals surface area contributed by atoms with Gasteiger partial charge in [-0.1, -0.05) is 29.3 Å². The number of rotatable bonds is 6. The van der Waals surface area contributed by atoms with Crippen LogP contribution >= 0.6 is 39.1 Å². The van der Waals surface area contributed by atoms with E-state index in [-0.39, 0.29) is 10.8 Å². The van der Waals surface area contributed by atoms with Gasteiger partial charge in [0.1, 0.15) is 0 Å². The number of halogens is 3. The van der Waals surface area contributed by atoms with Crippen LogP contribution in [0, 0.1) is 0 Å². The highest BCUT2D eigenvalue weighted by atomic mass is 79.9. The van der Waals surface area contributed by atoms with E-state index in [9.17, 15) is 13.2 Å². The summed E-state index contributed by atoms with van der Waals surface area (Å²) in [5, 5.41) is 0.863. The lowest BCUT2D eigenvalue weighted by Gasteiger charge is -2.22. The molecule has 0 aliphatic rings. The number of hydrogen-bond donors (Lipinski definition) is 0. The van der Waals surface area contributed by atoms with Crippen LogP contribution in [-0.4, -0.2) is 44.2 Å². The summed E-state index contributed by atoms with van der Waals surface area (Å²) in [7, 11) is -0.795. The lowest BCUT2D eigenvalue weighted by Crippen LogP contribution is -2.30. The maximum atomic E-state index is 12.9. The van der Waals surface area contributed by atoms with Gasteiger partial charge in [-0.3, -0.25) is 4.79 Å². The molecule has 0 aliphatic carbocycles. The summed E-state index contributed by atoms with van der Waals surface area (Å²) in [5.74, 6) is -0.272. The van der Waals surface area contributed by atoms with Crippen molar-refractivity contribution in [3.63, 3.8) is 0 Å². The largest absolute Gasteiger partial charge is 0.335 e. The first-order chi connectivity index (χ1) is 12.6. The molecule has 0 N–H and O–H groups in total. The molecule has 0 heterocycles. The lowest BCUT2D eigenvalue weighted by molar-refractivity contribution is 0.0752. The fourth-order valence-electron chi connectivity index (χ4n) is 2.40. The van der Waals surface area contributed by atoms with Crippen LogP contribution in [0.3, 0.4) is 0 Å². The van der Waals surface area contributed by atoms with Crippen LogP contribution in [0.5, 0.6) is 0 Å². The van der Waals surface area contributed by atoms with E-state index in [2.05, 4.69) is 15.9 Å². The zero-order valence-electron chi connectivity index (χ0n) is 15.0. The molecule has 9 heteroatoms. The Bertz CT molecular complexity index is 965. The average Bonchev–Trinajstić information content (AvgIpc) is 2.62. The Kier molecular flexibility index (Phi) is 7.33. The van der Waals surface area contributed by atoms with Gasteiger partial charge in [-0.05, 0) is 58.7 Å². The zero-order chi connectivity index (χ0) is 20.4. The second kappa shape index (κ2) is 8.92. The number of nitrogens with zero attached hydrogens (tertiary/aromatic N) is 2. The quantitative estimate of drug-likeness (QED) is 0.587. The Hall–Kier alpha value is -1.12. The number of sulfonamides is 1. The molecule has 0 aliphatic heterocycles. The van der Waals surface area contributed by atoms with Crippen molar-refractivity contribution in [3.05, 3.63) is 62.0 Å². The van der Waals surface area contributed by atoms with Gasteiger partial charge in [0.15, 0.2) is 0 Å². The van der Waals surface area contributed by atoms with E-state index in [4.69, 9.17) is 23.2 Å². The third-order valence-corrected chi connectivity index (χ3v) is 7.51. The monoisotopic (exact) mass is 492 g/mol. The summed E-state index contributed by atoms with van der Waals surface area (Å²) in [4.78, 5) is 14.6. The SMILES string of the molecule is CCN(Cc1ccc(Cl)c(Cl)c1)C(=O)c1ccc(Br)c(S(=O)(=O)N(C)C)c1. The summed E-state index contributed by atoms with van der Waals surface area (Å²) >= 11 is 15.2. The van der Waals surface area contributed by atoms with Crippen molar-refractivity contribution < 1.29 is 13.2 Å². The smallest absolute Gasteiger partial charge is 0.254 e. The Morgan fingerprint density at radius 2 is 1.74 bits per heavy atom. The van der Waals surface area contributed by atoms with Crippen LogP contribution < -0.4 is 0 Å². The van der Waals surface area contributed by atoms with Crippen LogP contribution in [0.15, 0.2) is 45.8 Å². The molecular formula is C18H19BrCl2N2O3S. The molecule has 0 saturated carbocycles. The Morgan fingerprint density at radius 3 is 2.30 bits per heavy atom. The summed E-state index contributed by atoms with van der Waals surface area (Å²) in [5.41, 5.74) is 1.12. The number of hydrogen-bond acceptors (Lipinski definition) is 3. The molecule has 0 bridgehead atoms. The molecule has 2 aromatic carbocycles. The topological polar surface area (TPSA) is 57.7 Å². The number of carbonyl (C=O) groups excluding carboxylic acids is 1. The van der Waals surface area contributed by atoms with Crippen molar-refractivity contribution in [3.8, 4) is 0 Å². The van der Waals surface area contributed by atoms with Gasteiger partial charge >= 0.3 is 0 Å². The summed E-state index contributed by atoms with van der Waals surface area (Å²) in [6, 6.07) is 9.74. The molecule has 5 nitrogen and oxygen atoms in total. The van der Waals surface area contributed by atoms with Gasteiger partial charge in [0.2, 0.25) is 10.0 Å². The molecule has 2 aromatic rings. The van der Waals surface area contributed by atoms with Gasteiger partial charge in [0.05, 0.1) is 14.9 Å². The minimum absolute atomic E-state index is 0.0453. The van der Waals surface area contributed by atoms with E-state index in [0.29, 0.717) is 33.2 Å². The molecule has 0 unspecified atom stereocenters. The first kappa shape index (κ1) is 22.2. The van der Waals surface area contributed by atoms with Crippen LogP contribution in [0.25, 0.3) is 0 Å². The van der Waals surface area contributed by atoms with Gasteiger partial charge in [-0.25, -0.2) is 12.7 Å². The molecule has 0 fully saturated rings. The Balaban J connectivity index is 2.36. The molecule has 1 amide bonds. The zero-order valence-corrected chi connectivity index (χ0v) is 19.0. The van der Waals surface area contributed by atoms with Crippen molar-refractivity contribution in [1.82, 2.24) is 9.21 Å². The van der Waals surface area contributed by atoms with E-state index in [1.807, 2.05) is 6.92 Å². The third kappa shape index (κ3) is 5.03. The van der Waals surface area contributed by atoms with Gasteiger partial charge in [-0.15, -0.1) is 0 Å². The minimum atomic E-state index is -3.68. The van der Waals surface area contributed by atoms with Crippen LogP contribution in [-0.2, 0) is 16.6 Å². The number of carbonyl (C=O) groups is 1. The van der Waals surface area contributed by atoms with Crippen molar-refractivity contribution in [2.24, 2.45) is 0 Å². The van der Waals surface area contributed by atoms with Crippen LogP contribution in [0.2, 0.25) is 10.0 Å². The van der Waals surface area contributed by atoms with E-state index in [1.54, 1.807) is 35.2 Å². The van der Waals surface area contributed by atoms with Crippen molar-refractivity contribution in [2.75, 3.05) is 20.6 Å². The lowest BCUT2D eigenvalue weighted by atomic mass is 10.1. The highest BCUT2D eigenvalue weighted by molar-refractivity contribution is 9.10. The van der Waals surface area contributed by atoms with E-state index in [1.165, 1.54) is 20.2 Å². The van der Waals surface area contributed by atoms with E-state index in [0.717, 1.165) is 9.87 Å². The van der Waals surface area contributed by atoms with E-state index >= 15 is 0 Å². The second-order valence-electron chi connectivity index (χ2n) is 6.00. The number of amides is 1. The molecule has 0 aromatic heterocycles. The van der Waals surface area contributed by atoms with Gasteiger partial charge in [-0.2, -0.15) is 0 Å². The average molecular weight is 494 g/mol. The van der Waals surface area contributed by atoms with E-state index < -0.39 is 10.0 Å². The molecule has 0 spiro atoms. The highest BCUT2D eigenvalue weighted by Crippen LogP contribution is 2.27. The number of benzene rings is 2. The maximum Gasteiger partial charge on any atom is 0.254 e. The fourth-order valence-corrected chi connectivity index (χ4v) is 4.56. The molecule has 2 rings (SSSR count). The molecule has 0 saturated heterocycles. The second-order valence-corrected chi connectivity index (χ2v) is 9.79. The standard InChI is InChI=1S/C18H19BrCl2N2O3S/c1-4-23(11-12-5-8-15(20)16(21)9-12)18(24)13-6-7-14(19)17(10-13)27(25,26)22(2)3/h5-10H,4,11H2,1-3H3. The first-order valence-electron chi connectivity index (χ1n) is 8.03. The molecule has 27 heavy (non-hydrogen) atoms. The summed E-state index contributed by atoms with van der Waals surface area (Å²) in [6.07, 6.45) is 0. The van der Waals surface area contributed by atoms with Gasteiger partial charge in [0, 0.05) is 37.2 Å². The van der Waals surface area contributed by atoms with Crippen LogP contribution in [0.4, 0.5) is 0 Å². The highest BCUT2D eigenvalue weighted by Gasteiger charge is 2.23. The summed E-state index contributed by atoms with van der Waals surface area (Å²) in [6.45, 7) is 2.63. The van der Waals surface area contributed by atoms with Gasteiger partial charge in [0.25, 0.3) is 5.91 Å². The van der Waals surface area contributed by atoms with Crippen LogP contribution in [0.1, 0.15) is 22.8 Å². The fraction of sp³-hybridized carbons (Fsp3) is 0.278. The first-order valence-corrected chi connectivity index (χ1v) is 11.0. The maximum absolute atomic E-state index is 12.9. The third-order valence-electron chi connectivity index (χ3n) is 3.96.